The monoisotopic (exact) mass is 294 g/mol. The predicted octanol–water partition coefficient (Wildman–Crippen LogP) is 2.73. The molecular weight excluding hydrogens is 283 g/mol. The lowest BCUT2D eigenvalue weighted by atomic mass is 10.2. The van der Waals surface area contributed by atoms with Crippen molar-refractivity contribution in [1.29, 1.82) is 0 Å². The van der Waals surface area contributed by atoms with Crippen LogP contribution >= 0.6 is 0 Å². The van der Waals surface area contributed by atoms with Crippen molar-refractivity contribution >= 4 is 17.3 Å². The van der Waals surface area contributed by atoms with Crippen molar-refractivity contribution in [2.75, 3.05) is 12.4 Å². The number of carbonyl (C=O) groups excluding carboxylic acids is 1. The first kappa shape index (κ1) is 14.5. The van der Waals surface area contributed by atoms with E-state index in [1.54, 1.807) is 0 Å². The third-order valence-corrected chi connectivity index (χ3v) is 2.74. The summed E-state index contributed by atoms with van der Waals surface area (Å²) in [5.41, 5.74) is 0.219. The first-order chi connectivity index (χ1) is 10.0. The van der Waals surface area contributed by atoms with Crippen LogP contribution in [0.1, 0.15) is 16.1 Å². The number of nitro groups is 1. The highest BCUT2D eigenvalue weighted by Crippen LogP contribution is 2.26. The molecule has 0 fully saturated rings. The SMILES string of the molecule is COC(=O)c1occc1CNc1ccc(F)cc1[N+](=O)[O-]. The number of furan rings is 1. The van der Waals surface area contributed by atoms with Crippen LogP contribution in [-0.2, 0) is 11.3 Å². The average Bonchev–Trinajstić information content (AvgIpc) is 2.93. The molecule has 0 aliphatic heterocycles. The van der Waals surface area contributed by atoms with Crippen LogP contribution in [0.25, 0.3) is 0 Å². The number of nitro benzene ring substituents is 1. The van der Waals surface area contributed by atoms with Gasteiger partial charge >= 0.3 is 5.97 Å². The molecule has 2 aromatic rings. The standard InChI is InChI=1S/C13H11FN2O5/c1-20-13(17)12-8(4-5-21-12)7-15-10-3-2-9(14)6-11(10)16(18)19/h2-6,15H,7H2,1H3. The molecule has 0 bridgehead atoms. The van der Waals surface area contributed by atoms with Gasteiger partial charge in [0.25, 0.3) is 5.69 Å². The largest absolute Gasteiger partial charge is 0.463 e. The molecule has 1 aromatic carbocycles. The molecule has 0 saturated heterocycles. The zero-order valence-electron chi connectivity index (χ0n) is 11.0. The van der Waals surface area contributed by atoms with Crippen LogP contribution in [0.4, 0.5) is 15.8 Å². The molecular formula is C13H11FN2O5. The molecule has 1 heterocycles. The summed E-state index contributed by atoms with van der Waals surface area (Å²) in [6.07, 6.45) is 1.31. The predicted molar refractivity (Wildman–Crippen MR) is 70.4 cm³/mol. The van der Waals surface area contributed by atoms with Crippen molar-refractivity contribution in [1.82, 2.24) is 0 Å². The van der Waals surface area contributed by atoms with E-state index in [1.165, 1.54) is 25.5 Å². The van der Waals surface area contributed by atoms with Crippen LogP contribution in [-0.4, -0.2) is 18.0 Å². The molecule has 7 nitrogen and oxygen atoms in total. The van der Waals surface area contributed by atoms with E-state index in [4.69, 9.17) is 4.42 Å². The minimum atomic E-state index is -0.703. The first-order valence-electron chi connectivity index (χ1n) is 5.85. The third kappa shape index (κ3) is 3.16. The third-order valence-electron chi connectivity index (χ3n) is 2.74. The second-order valence-corrected chi connectivity index (χ2v) is 4.04. The Morgan fingerprint density at radius 2 is 2.24 bits per heavy atom. The van der Waals surface area contributed by atoms with E-state index in [0.29, 0.717) is 5.56 Å². The van der Waals surface area contributed by atoms with E-state index in [2.05, 4.69) is 10.1 Å². The van der Waals surface area contributed by atoms with Crippen molar-refractivity contribution in [3.05, 3.63) is 57.8 Å². The quantitative estimate of drug-likeness (QED) is 0.517. The highest BCUT2D eigenvalue weighted by Gasteiger charge is 2.18. The molecule has 0 unspecified atom stereocenters. The second kappa shape index (κ2) is 6.04. The van der Waals surface area contributed by atoms with Gasteiger partial charge in [0, 0.05) is 12.1 Å². The van der Waals surface area contributed by atoms with Crippen LogP contribution in [0.5, 0.6) is 0 Å². The number of carbonyl (C=O) groups is 1. The number of ether oxygens (including phenoxy) is 1. The minimum Gasteiger partial charge on any atom is -0.463 e. The fourth-order valence-corrected chi connectivity index (χ4v) is 1.74. The van der Waals surface area contributed by atoms with Crippen LogP contribution < -0.4 is 5.32 Å². The Morgan fingerprint density at radius 3 is 2.90 bits per heavy atom. The van der Waals surface area contributed by atoms with E-state index in [0.717, 1.165) is 12.1 Å². The van der Waals surface area contributed by atoms with Gasteiger partial charge in [-0.3, -0.25) is 10.1 Å². The van der Waals surface area contributed by atoms with E-state index in [1.807, 2.05) is 0 Å². The number of methoxy groups -OCH3 is 1. The van der Waals surface area contributed by atoms with Crippen molar-refractivity contribution in [3.8, 4) is 0 Å². The highest BCUT2D eigenvalue weighted by atomic mass is 19.1. The summed E-state index contributed by atoms with van der Waals surface area (Å²) >= 11 is 0. The maximum atomic E-state index is 13.0. The molecule has 1 aromatic heterocycles. The number of halogens is 1. The molecule has 110 valence electrons. The molecule has 0 radical (unpaired) electrons. The highest BCUT2D eigenvalue weighted by molar-refractivity contribution is 5.87. The number of hydrogen-bond donors (Lipinski definition) is 1. The van der Waals surface area contributed by atoms with Gasteiger partial charge in [0.15, 0.2) is 0 Å². The Hall–Kier alpha value is -2.90. The van der Waals surface area contributed by atoms with Crippen molar-refractivity contribution < 1.29 is 23.3 Å². The topological polar surface area (TPSA) is 94.6 Å². The minimum absolute atomic E-state index is 0.00904. The molecule has 0 atom stereocenters. The van der Waals surface area contributed by atoms with E-state index in [-0.39, 0.29) is 18.0 Å². The summed E-state index contributed by atoms with van der Waals surface area (Å²) in [4.78, 5) is 21.6. The fraction of sp³-hybridized carbons (Fsp3) is 0.154. The number of benzene rings is 1. The summed E-state index contributed by atoms with van der Waals surface area (Å²) in [6.45, 7) is 0.0907. The van der Waals surface area contributed by atoms with Gasteiger partial charge in [-0.15, -0.1) is 0 Å². The van der Waals surface area contributed by atoms with E-state index < -0.39 is 22.4 Å². The molecule has 0 aliphatic rings. The van der Waals surface area contributed by atoms with Gasteiger partial charge in [-0.25, -0.2) is 9.18 Å². The molecule has 8 heteroatoms. The van der Waals surface area contributed by atoms with Gasteiger partial charge in [-0.2, -0.15) is 0 Å². The van der Waals surface area contributed by atoms with Crippen molar-refractivity contribution in [2.24, 2.45) is 0 Å². The normalized spacial score (nSPS) is 10.2. The van der Waals surface area contributed by atoms with Crippen LogP contribution in [0.15, 0.2) is 34.9 Å². The molecule has 2 rings (SSSR count). The number of rotatable bonds is 5. The zero-order chi connectivity index (χ0) is 15.4. The number of hydrogen-bond acceptors (Lipinski definition) is 6. The maximum absolute atomic E-state index is 13.0. The lowest BCUT2D eigenvalue weighted by Gasteiger charge is -2.07. The van der Waals surface area contributed by atoms with Crippen molar-refractivity contribution in [3.63, 3.8) is 0 Å². The Morgan fingerprint density at radius 1 is 1.48 bits per heavy atom. The van der Waals surface area contributed by atoms with Gasteiger partial charge in [0.2, 0.25) is 5.76 Å². The van der Waals surface area contributed by atoms with Crippen LogP contribution in [0.3, 0.4) is 0 Å². The van der Waals surface area contributed by atoms with Crippen LogP contribution in [0.2, 0.25) is 0 Å². The summed E-state index contributed by atoms with van der Waals surface area (Å²) in [6, 6.07) is 4.71. The number of nitrogens with zero attached hydrogens (tertiary/aromatic N) is 1. The number of nitrogens with one attached hydrogen (secondary N) is 1. The zero-order valence-corrected chi connectivity index (χ0v) is 11.0. The number of esters is 1. The summed E-state index contributed by atoms with van der Waals surface area (Å²) in [5.74, 6) is -1.34. The number of anilines is 1. The molecule has 0 saturated carbocycles. The molecule has 1 N–H and O–H groups in total. The smallest absolute Gasteiger partial charge is 0.374 e. The fourth-order valence-electron chi connectivity index (χ4n) is 1.74. The maximum Gasteiger partial charge on any atom is 0.374 e. The average molecular weight is 294 g/mol. The lowest BCUT2D eigenvalue weighted by molar-refractivity contribution is -0.384. The lowest BCUT2D eigenvalue weighted by Crippen LogP contribution is -2.07. The van der Waals surface area contributed by atoms with Crippen LogP contribution in [0, 0.1) is 15.9 Å². The Kier molecular flexibility index (Phi) is 4.17. The van der Waals surface area contributed by atoms with Gasteiger partial charge < -0.3 is 14.5 Å². The molecule has 0 spiro atoms. The van der Waals surface area contributed by atoms with Gasteiger partial charge in [0.05, 0.1) is 24.4 Å². The Bertz CT molecular complexity index is 683. The van der Waals surface area contributed by atoms with Gasteiger partial charge in [0.1, 0.15) is 11.5 Å². The Balaban J connectivity index is 2.19. The first-order valence-corrected chi connectivity index (χ1v) is 5.85. The Labute approximate surface area is 118 Å². The second-order valence-electron chi connectivity index (χ2n) is 4.04. The van der Waals surface area contributed by atoms with Gasteiger partial charge in [-0.1, -0.05) is 0 Å². The van der Waals surface area contributed by atoms with E-state index in [9.17, 15) is 19.3 Å². The summed E-state index contributed by atoms with van der Waals surface area (Å²) in [5, 5.41) is 13.6. The van der Waals surface area contributed by atoms with E-state index >= 15 is 0 Å². The molecule has 0 amide bonds. The summed E-state index contributed by atoms with van der Waals surface area (Å²) < 4.78 is 22.6. The molecule has 21 heavy (non-hydrogen) atoms. The van der Waals surface area contributed by atoms with Crippen molar-refractivity contribution in [2.45, 2.75) is 6.54 Å². The summed E-state index contributed by atoms with van der Waals surface area (Å²) in [7, 11) is 1.22. The van der Waals surface area contributed by atoms with Gasteiger partial charge in [-0.05, 0) is 18.2 Å². The molecule has 0 aliphatic carbocycles.